The van der Waals surface area contributed by atoms with Gasteiger partial charge in [-0.2, -0.15) is 18.4 Å². The van der Waals surface area contributed by atoms with Gasteiger partial charge < -0.3 is 5.11 Å². The number of carboxylic acid groups (broad SMARTS) is 1. The third-order valence-corrected chi connectivity index (χ3v) is 8.55. The lowest BCUT2D eigenvalue weighted by Gasteiger charge is -2.26. The molecule has 196 valence electrons. The number of rotatable bonds is 7. The summed E-state index contributed by atoms with van der Waals surface area (Å²) < 4.78 is 41.6. The van der Waals surface area contributed by atoms with E-state index < -0.39 is 17.7 Å². The predicted octanol–water partition coefficient (Wildman–Crippen LogP) is 7.00. The molecule has 1 spiro atoms. The maximum atomic E-state index is 13.9. The highest BCUT2D eigenvalue weighted by Gasteiger charge is 2.68. The monoisotopic (exact) mass is 538 g/mol. The van der Waals surface area contributed by atoms with Crippen molar-refractivity contribution in [3.63, 3.8) is 0 Å². The van der Waals surface area contributed by atoms with Gasteiger partial charge >= 0.3 is 12.1 Å². The van der Waals surface area contributed by atoms with Crippen molar-refractivity contribution in [2.75, 3.05) is 13.1 Å². The maximum absolute atomic E-state index is 13.9. The van der Waals surface area contributed by atoms with Gasteiger partial charge in [0.25, 0.3) is 0 Å². The average Bonchev–Trinajstić information content (AvgIpc) is 3.24. The van der Waals surface area contributed by atoms with Crippen LogP contribution in [0.3, 0.4) is 0 Å². The standard InChI is InChI=1S/C30H26ClF3N2O2/c31-26-13-20(8-9-24(26)16-35)14-29(15-23-5-1-2-7-25(23)30(32,33)34)18-28(29)10-11-36(19-28)17-21-4-3-6-22(12-21)27(37)38/h1-9,12-13H,10-11,14-15,17-19H2,(H,37,38)/t28-,29+/m0/s1. The van der Waals surface area contributed by atoms with Crippen molar-refractivity contribution in [2.45, 2.75) is 38.4 Å². The smallest absolute Gasteiger partial charge is 0.416 e. The molecule has 2 fully saturated rings. The molecule has 4 nitrogen and oxygen atoms in total. The van der Waals surface area contributed by atoms with Gasteiger partial charge in [-0.05, 0) is 90.1 Å². The van der Waals surface area contributed by atoms with Gasteiger partial charge in [0.05, 0.1) is 21.7 Å². The number of nitrogens with zero attached hydrogens (tertiary/aromatic N) is 2. The number of alkyl halides is 3. The summed E-state index contributed by atoms with van der Waals surface area (Å²) in [6, 6.07) is 20.0. The maximum Gasteiger partial charge on any atom is 0.416 e. The van der Waals surface area contributed by atoms with E-state index in [1.165, 1.54) is 6.07 Å². The molecule has 1 saturated heterocycles. The Bertz CT molecular complexity index is 1430. The fraction of sp³-hybridized carbons (Fsp3) is 0.333. The lowest BCUT2D eigenvalue weighted by molar-refractivity contribution is -0.138. The van der Waals surface area contributed by atoms with E-state index in [0.29, 0.717) is 35.5 Å². The Morgan fingerprint density at radius 2 is 1.84 bits per heavy atom. The van der Waals surface area contributed by atoms with E-state index in [1.807, 2.05) is 12.1 Å². The number of likely N-dealkylation sites (tertiary alicyclic amines) is 1. The van der Waals surface area contributed by atoms with Crippen molar-refractivity contribution in [2.24, 2.45) is 10.8 Å². The molecule has 0 radical (unpaired) electrons. The Balaban J connectivity index is 1.43. The number of carbonyl (C=O) groups is 1. The Kier molecular flexibility index (Phi) is 6.75. The number of hydrogen-bond acceptors (Lipinski definition) is 3. The van der Waals surface area contributed by atoms with Crippen LogP contribution in [0, 0.1) is 22.2 Å². The number of aromatic carboxylic acids is 1. The highest BCUT2D eigenvalue weighted by molar-refractivity contribution is 6.31. The molecular formula is C30H26ClF3N2O2. The molecule has 3 aromatic carbocycles. The van der Waals surface area contributed by atoms with Gasteiger partial charge in [-0.15, -0.1) is 0 Å². The van der Waals surface area contributed by atoms with Crippen molar-refractivity contribution < 1.29 is 23.1 Å². The molecule has 1 saturated carbocycles. The number of carboxylic acids is 1. The molecule has 1 N–H and O–H groups in total. The van der Waals surface area contributed by atoms with Gasteiger partial charge in [-0.3, -0.25) is 4.90 Å². The van der Waals surface area contributed by atoms with Gasteiger partial charge in [0.15, 0.2) is 0 Å². The van der Waals surface area contributed by atoms with Gasteiger partial charge in [-0.1, -0.05) is 48.0 Å². The van der Waals surface area contributed by atoms with Crippen molar-refractivity contribution >= 4 is 17.6 Å². The minimum atomic E-state index is -4.44. The molecule has 1 heterocycles. The minimum Gasteiger partial charge on any atom is -0.478 e. The molecule has 2 atom stereocenters. The van der Waals surface area contributed by atoms with Gasteiger partial charge in [-0.25, -0.2) is 4.79 Å². The molecule has 2 aliphatic rings. The largest absolute Gasteiger partial charge is 0.478 e. The predicted molar refractivity (Wildman–Crippen MR) is 138 cm³/mol. The number of hydrogen-bond donors (Lipinski definition) is 1. The van der Waals surface area contributed by atoms with Gasteiger partial charge in [0, 0.05) is 13.1 Å². The summed E-state index contributed by atoms with van der Waals surface area (Å²) >= 11 is 6.30. The van der Waals surface area contributed by atoms with Crippen molar-refractivity contribution in [3.8, 4) is 6.07 Å². The Morgan fingerprint density at radius 3 is 2.55 bits per heavy atom. The SMILES string of the molecule is N#Cc1ccc(C[C@@]2(Cc3ccccc3C(F)(F)F)C[C@]23CCN(Cc2cccc(C(=O)O)c2)C3)cc1Cl. The van der Waals surface area contributed by atoms with Gasteiger partial charge in [0.2, 0.25) is 0 Å². The zero-order valence-electron chi connectivity index (χ0n) is 20.6. The van der Waals surface area contributed by atoms with E-state index in [1.54, 1.807) is 42.5 Å². The fourth-order valence-electron chi connectivity index (χ4n) is 6.36. The molecule has 0 amide bonds. The van der Waals surface area contributed by atoms with Crippen LogP contribution in [0.1, 0.15) is 51.0 Å². The third kappa shape index (κ3) is 5.03. The van der Waals surface area contributed by atoms with Crippen molar-refractivity contribution in [1.29, 1.82) is 5.26 Å². The fourth-order valence-corrected chi connectivity index (χ4v) is 6.61. The quantitative estimate of drug-likeness (QED) is 0.352. The van der Waals surface area contributed by atoms with E-state index in [0.717, 1.165) is 43.1 Å². The highest BCUT2D eigenvalue weighted by atomic mass is 35.5. The lowest BCUT2D eigenvalue weighted by atomic mass is 9.80. The van der Waals surface area contributed by atoms with Crippen LogP contribution in [0.4, 0.5) is 13.2 Å². The molecule has 0 unspecified atom stereocenters. The average molecular weight is 539 g/mol. The van der Waals surface area contributed by atoms with Crippen LogP contribution in [0.15, 0.2) is 66.7 Å². The van der Waals surface area contributed by atoms with E-state index in [4.69, 9.17) is 11.6 Å². The van der Waals surface area contributed by atoms with E-state index in [2.05, 4.69) is 11.0 Å². The molecule has 0 bridgehead atoms. The van der Waals surface area contributed by atoms with Crippen LogP contribution < -0.4 is 0 Å². The number of benzene rings is 3. The van der Waals surface area contributed by atoms with Crippen LogP contribution >= 0.6 is 11.6 Å². The zero-order chi connectivity index (χ0) is 27.1. The lowest BCUT2D eigenvalue weighted by Crippen LogP contribution is -2.26. The first-order chi connectivity index (χ1) is 18.0. The van der Waals surface area contributed by atoms with E-state index in [-0.39, 0.29) is 16.4 Å². The normalized spacial score (nSPS) is 22.9. The van der Waals surface area contributed by atoms with Crippen LogP contribution in [0.5, 0.6) is 0 Å². The number of nitriles is 1. The summed E-state index contributed by atoms with van der Waals surface area (Å²) in [4.78, 5) is 13.6. The van der Waals surface area contributed by atoms with Crippen molar-refractivity contribution in [1.82, 2.24) is 4.90 Å². The Morgan fingerprint density at radius 1 is 1.05 bits per heavy atom. The van der Waals surface area contributed by atoms with Gasteiger partial charge in [0.1, 0.15) is 6.07 Å². The summed E-state index contributed by atoms with van der Waals surface area (Å²) in [5.41, 5.74) is 1.56. The molecule has 0 aromatic heterocycles. The first-order valence-corrected chi connectivity index (χ1v) is 12.8. The molecular weight excluding hydrogens is 513 g/mol. The summed E-state index contributed by atoms with van der Waals surface area (Å²) in [6.45, 7) is 2.09. The second-order valence-electron chi connectivity index (χ2n) is 10.6. The van der Waals surface area contributed by atoms with Crippen molar-refractivity contribution in [3.05, 3.63) is 105 Å². The Hall–Kier alpha value is -3.34. The first kappa shape index (κ1) is 26.3. The van der Waals surface area contributed by atoms with Crippen LogP contribution in [0.25, 0.3) is 0 Å². The second kappa shape index (κ2) is 9.76. The van der Waals surface area contributed by atoms with Crippen LogP contribution in [0.2, 0.25) is 5.02 Å². The van der Waals surface area contributed by atoms with E-state index in [9.17, 15) is 28.3 Å². The second-order valence-corrected chi connectivity index (χ2v) is 11.0. The molecule has 5 rings (SSSR count). The molecule has 1 aliphatic carbocycles. The van der Waals surface area contributed by atoms with E-state index >= 15 is 0 Å². The molecule has 3 aromatic rings. The van der Waals surface area contributed by atoms with Crippen LogP contribution in [-0.2, 0) is 25.6 Å². The summed E-state index contributed by atoms with van der Waals surface area (Å²) in [6.07, 6.45) is -1.94. The summed E-state index contributed by atoms with van der Waals surface area (Å²) in [5.74, 6) is -0.977. The third-order valence-electron chi connectivity index (χ3n) is 8.24. The topological polar surface area (TPSA) is 64.3 Å². The number of halogens is 4. The zero-order valence-corrected chi connectivity index (χ0v) is 21.3. The highest BCUT2D eigenvalue weighted by Crippen LogP contribution is 2.71. The first-order valence-electron chi connectivity index (χ1n) is 12.4. The summed E-state index contributed by atoms with van der Waals surface area (Å²) in [7, 11) is 0. The summed E-state index contributed by atoms with van der Waals surface area (Å²) in [5, 5.41) is 18.9. The molecule has 38 heavy (non-hydrogen) atoms. The van der Waals surface area contributed by atoms with Crippen LogP contribution in [-0.4, -0.2) is 29.1 Å². The molecule has 1 aliphatic heterocycles. The Labute approximate surface area is 224 Å². The molecule has 8 heteroatoms. The minimum absolute atomic E-state index is 0.156.